The lowest BCUT2D eigenvalue weighted by Gasteiger charge is -2.19. The van der Waals surface area contributed by atoms with Crippen molar-refractivity contribution in [2.45, 2.75) is 39.7 Å². The Labute approximate surface area is 119 Å². The van der Waals surface area contributed by atoms with Crippen LogP contribution in [0.15, 0.2) is 41.3 Å². The number of H-pyrrole nitrogens is 1. The molecule has 0 aliphatic rings. The average Bonchev–Trinajstić information content (AvgIpc) is 2.37. The number of ether oxygens (including phenoxy) is 1. The van der Waals surface area contributed by atoms with Gasteiger partial charge in [0.1, 0.15) is 6.61 Å². The molecule has 3 heteroatoms. The lowest BCUT2D eigenvalue weighted by atomic mass is 9.87. The molecule has 0 saturated carbocycles. The van der Waals surface area contributed by atoms with E-state index in [-0.39, 0.29) is 10.8 Å². The summed E-state index contributed by atoms with van der Waals surface area (Å²) >= 11 is 0. The van der Waals surface area contributed by atoms with Crippen LogP contribution in [0.3, 0.4) is 0 Å². The lowest BCUT2D eigenvalue weighted by Crippen LogP contribution is -2.12. The molecule has 3 nitrogen and oxygen atoms in total. The largest absolute Gasteiger partial charge is 0.483 e. The van der Waals surface area contributed by atoms with Crippen LogP contribution in [0.5, 0.6) is 5.75 Å². The van der Waals surface area contributed by atoms with Crippen LogP contribution in [0.4, 0.5) is 0 Å². The molecule has 1 aromatic carbocycles. The van der Waals surface area contributed by atoms with E-state index in [2.05, 4.69) is 37.9 Å². The van der Waals surface area contributed by atoms with Gasteiger partial charge in [0.25, 0.3) is 0 Å². The van der Waals surface area contributed by atoms with E-state index in [1.54, 1.807) is 6.20 Å². The van der Waals surface area contributed by atoms with Crippen molar-refractivity contribution in [3.05, 3.63) is 63.6 Å². The molecule has 1 heterocycles. The van der Waals surface area contributed by atoms with Crippen molar-refractivity contribution in [2.24, 2.45) is 0 Å². The number of benzene rings is 1. The zero-order valence-corrected chi connectivity index (χ0v) is 12.5. The van der Waals surface area contributed by atoms with E-state index in [9.17, 15) is 4.79 Å². The summed E-state index contributed by atoms with van der Waals surface area (Å²) in [5.74, 6) is 0.396. The number of nitrogens with one attached hydrogen (secondary N) is 1. The lowest BCUT2D eigenvalue weighted by molar-refractivity contribution is 0.299. The second-order valence-corrected chi connectivity index (χ2v) is 6.03. The zero-order chi connectivity index (χ0) is 14.8. The van der Waals surface area contributed by atoms with Gasteiger partial charge in [-0.1, -0.05) is 45.0 Å². The normalized spacial score (nSPS) is 11.4. The molecular formula is C17H21NO2. The van der Waals surface area contributed by atoms with E-state index in [1.807, 2.05) is 19.1 Å². The number of aryl methyl sites for hydroxylation is 1. The molecule has 0 unspecified atom stereocenters. The second kappa shape index (κ2) is 5.53. The summed E-state index contributed by atoms with van der Waals surface area (Å²) in [6.07, 6.45) is 1.63. The SMILES string of the molecule is Cc1[nH]ccc(=O)c1OCc1ccc(C(C)(C)C)cc1. The molecule has 106 valence electrons. The fourth-order valence-corrected chi connectivity index (χ4v) is 2.00. The highest BCUT2D eigenvalue weighted by molar-refractivity contribution is 5.29. The maximum atomic E-state index is 11.7. The number of aromatic amines is 1. The van der Waals surface area contributed by atoms with E-state index in [0.717, 1.165) is 11.3 Å². The van der Waals surface area contributed by atoms with E-state index in [1.165, 1.54) is 11.6 Å². The molecule has 2 aromatic rings. The molecule has 0 saturated heterocycles. The highest BCUT2D eigenvalue weighted by Crippen LogP contribution is 2.22. The molecule has 0 radical (unpaired) electrons. The highest BCUT2D eigenvalue weighted by Gasteiger charge is 2.13. The number of aromatic nitrogens is 1. The molecule has 0 bridgehead atoms. The van der Waals surface area contributed by atoms with Crippen LogP contribution in [0.1, 0.15) is 37.6 Å². The minimum Gasteiger partial charge on any atom is -0.483 e. The number of pyridine rings is 1. The molecule has 2 rings (SSSR count). The van der Waals surface area contributed by atoms with E-state index in [0.29, 0.717) is 12.4 Å². The third kappa shape index (κ3) is 3.29. The van der Waals surface area contributed by atoms with E-state index in [4.69, 9.17) is 4.74 Å². The van der Waals surface area contributed by atoms with Gasteiger partial charge in [-0.05, 0) is 23.5 Å². The van der Waals surface area contributed by atoms with Crippen molar-refractivity contribution >= 4 is 0 Å². The van der Waals surface area contributed by atoms with Gasteiger partial charge in [0.2, 0.25) is 5.43 Å². The number of rotatable bonds is 3. The monoisotopic (exact) mass is 271 g/mol. The minimum atomic E-state index is -0.0902. The van der Waals surface area contributed by atoms with Gasteiger partial charge < -0.3 is 9.72 Å². The second-order valence-electron chi connectivity index (χ2n) is 6.03. The van der Waals surface area contributed by atoms with E-state index >= 15 is 0 Å². The van der Waals surface area contributed by atoms with Gasteiger partial charge in [-0.3, -0.25) is 4.79 Å². The van der Waals surface area contributed by atoms with Gasteiger partial charge in [-0.2, -0.15) is 0 Å². The molecule has 0 aliphatic carbocycles. The summed E-state index contributed by atoms with van der Waals surface area (Å²) in [6.45, 7) is 8.79. The van der Waals surface area contributed by atoms with Crippen LogP contribution < -0.4 is 10.2 Å². The van der Waals surface area contributed by atoms with E-state index < -0.39 is 0 Å². The van der Waals surface area contributed by atoms with Crippen molar-refractivity contribution < 1.29 is 4.74 Å². The standard InChI is InChI=1S/C17H21NO2/c1-12-16(15(19)9-10-18-12)20-11-13-5-7-14(8-6-13)17(2,3)4/h5-10H,11H2,1-4H3,(H,18,19). The van der Waals surface area contributed by atoms with Crippen molar-refractivity contribution in [1.82, 2.24) is 4.98 Å². The summed E-state index contributed by atoms with van der Waals surface area (Å²) in [7, 11) is 0. The fourth-order valence-electron chi connectivity index (χ4n) is 2.00. The Hall–Kier alpha value is -2.03. The van der Waals surface area contributed by atoms with Crippen molar-refractivity contribution in [1.29, 1.82) is 0 Å². The molecule has 0 amide bonds. The zero-order valence-electron chi connectivity index (χ0n) is 12.5. The Morgan fingerprint density at radius 2 is 1.75 bits per heavy atom. The van der Waals surface area contributed by atoms with Crippen LogP contribution in [0.25, 0.3) is 0 Å². The fraction of sp³-hybridized carbons (Fsp3) is 0.353. The summed E-state index contributed by atoms with van der Waals surface area (Å²) < 4.78 is 5.64. The number of hydrogen-bond acceptors (Lipinski definition) is 2. The quantitative estimate of drug-likeness (QED) is 0.927. The summed E-state index contributed by atoms with van der Waals surface area (Å²) in [4.78, 5) is 14.7. The molecule has 0 aliphatic heterocycles. The van der Waals surface area contributed by atoms with Gasteiger partial charge >= 0.3 is 0 Å². The van der Waals surface area contributed by atoms with Crippen molar-refractivity contribution in [3.63, 3.8) is 0 Å². The third-order valence-corrected chi connectivity index (χ3v) is 3.30. The molecule has 0 fully saturated rings. The van der Waals surface area contributed by atoms with Crippen LogP contribution in [0.2, 0.25) is 0 Å². The Bertz CT molecular complexity index is 633. The molecule has 0 atom stereocenters. The predicted molar refractivity (Wildman–Crippen MR) is 81.3 cm³/mol. The molecule has 1 N–H and O–H groups in total. The minimum absolute atomic E-state index is 0.0902. The first-order valence-corrected chi connectivity index (χ1v) is 6.78. The highest BCUT2D eigenvalue weighted by atomic mass is 16.5. The first-order chi connectivity index (χ1) is 9.38. The first-order valence-electron chi connectivity index (χ1n) is 6.78. The van der Waals surface area contributed by atoms with Crippen molar-refractivity contribution in [2.75, 3.05) is 0 Å². The number of hydrogen-bond donors (Lipinski definition) is 1. The third-order valence-electron chi connectivity index (χ3n) is 3.30. The van der Waals surface area contributed by atoms with Crippen LogP contribution in [-0.4, -0.2) is 4.98 Å². The maximum Gasteiger partial charge on any atom is 0.223 e. The first kappa shape index (κ1) is 14.4. The van der Waals surface area contributed by atoms with Crippen LogP contribution in [0, 0.1) is 6.92 Å². The van der Waals surface area contributed by atoms with Crippen molar-refractivity contribution in [3.8, 4) is 5.75 Å². The summed E-state index contributed by atoms with van der Waals surface area (Å²) in [5, 5.41) is 0. The smallest absolute Gasteiger partial charge is 0.223 e. The van der Waals surface area contributed by atoms with Gasteiger partial charge in [0, 0.05) is 12.3 Å². The van der Waals surface area contributed by atoms with Crippen LogP contribution in [-0.2, 0) is 12.0 Å². The summed E-state index contributed by atoms with van der Waals surface area (Å²) in [5.41, 5.74) is 3.15. The topological polar surface area (TPSA) is 42.1 Å². The Kier molecular flexibility index (Phi) is 3.98. The molecule has 1 aromatic heterocycles. The molecule has 0 spiro atoms. The molecule has 20 heavy (non-hydrogen) atoms. The molecular weight excluding hydrogens is 250 g/mol. The van der Waals surface area contributed by atoms with Gasteiger partial charge in [-0.15, -0.1) is 0 Å². The Morgan fingerprint density at radius 3 is 2.30 bits per heavy atom. The van der Waals surface area contributed by atoms with Gasteiger partial charge in [0.15, 0.2) is 5.75 Å². The Morgan fingerprint density at radius 1 is 1.10 bits per heavy atom. The Balaban J connectivity index is 2.10. The van der Waals surface area contributed by atoms with Gasteiger partial charge in [0.05, 0.1) is 5.69 Å². The van der Waals surface area contributed by atoms with Gasteiger partial charge in [-0.25, -0.2) is 0 Å². The van der Waals surface area contributed by atoms with Crippen LogP contribution >= 0.6 is 0 Å². The maximum absolute atomic E-state index is 11.7. The summed E-state index contributed by atoms with van der Waals surface area (Å²) in [6, 6.07) is 9.80. The average molecular weight is 271 g/mol. The predicted octanol–water partition coefficient (Wildman–Crippen LogP) is 3.56.